The zero-order chi connectivity index (χ0) is 20.4. The Labute approximate surface area is 179 Å². The first-order valence-corrected chi connectivity index (χ1v) is 10.7. The Morgan fingerprint density at radius 1 is 0.724 bits per heavy atom. The third kappa shape index (κ3) is 2.35. The summed E-state index contributed by atoms with van der Waals surface area (Å²) in [7, 11) is 0. The minimum atomic E-state index is 0.409. The van der Waals surface area contributed by atoms with Gasteiger partial charge in [0.1, 0.15) is 0 Å². The van der Waals surface area contributed by atoms with Crippen molar-refractivity contribution in [3.63, 3.8) is 0 Å². The fraction of sp³-hybridized carbons (Fsp3) is 0. The molecule has 0 unspecified atom stereocenters. The van der Waals surface area contributed by atoms with Gasteiger partial charge in [0.25, 0.3) is 0 Å². The van der Waals surface area contributed by atoms with E-state index in [0.717, 1.165) is 37.7 Å². The van der Waals surface area contributed by atoms with Crippen LogP contribution in [-0.4, -0.2) is 0 Å². The summed E-state index contributed by atoms with van der Waals surface area (Å²) in [6.45, 7) is 0. The highest BCUT2D eigenvalue weighted by Gasteiger charge is 2.20. The lowest BCUT2D eigenvalue weighted by Gasteiger charge is -2.17. The second-order valence-corrected chi connectivity index (χ2v) is 8.74. The number of thiophene rings is 1. The summed E-state index contributed by atoms with van der Waals surface area (Å²) in [4.78, 5) is 0.658. The monoisotopic (exact) mass is 408 g/mol. The van der Waals surface area contributed by atoms with Crippen LogP contribution >= 0.6 is 24.0 Å². The van der Waals surface area contributed by atoms with Crippen LogP contribution in [0.25, 0.3) is 52.8 Å². The molecule has 138 valence electrons. The Bertz CT molecular complexity index is 1630. The van der Waals surface area contributed by atoms with Crippen LogP contribution in [0.4, 0.5) is 5.69 Å². The molecule has 6 aromatic rings. The van der Waals surface area contributed by atoms with Gasteiger partial charge in [0.2, 0.25) is 0 Å². The van der Waals surface area contributed by atoms with Crippen LogP contribution in [-0.2, 0) is 0 Å². The number of nitrogen functional groups attached to an aromatic ring is 1. The van der Waals surface area contributed by atoms with Crippen LogP contribution in [0.3, 0.4) is 0 Å². The Kier molecular flexibility index (Phi) is 3.42. The predicted octanol–water partition coefficient (Wildman–Crippen LogP) is 7.90. The number of hydrogen-bond acceptors (Lipinski definition) is 3. The zero-order valence-electron chi connectivity index (χ0n) is 16.4. The summed E-state index contributed by atoms with van der Waals surface area (Å²) in [5.74, 6) is 0. The lowest BCUT2D eigenvalue weighted by molar-refractivity contribution is 1.51. The third-order valence-corrected chi connectivity index (χ3v) is 7.21. The number of fused-ring (bicyclic) bond motifs is 6. The van der Waals surface area contributed by atoms with Crippen molar-refractivity contribution in [1.29, 1.82) is 0 Å². The van der Waals surface area contributed by atoms with Gasteiger partial charge in [-0.25, -0.2) is 0 Å². The van der Waals surface area contributed by atoms with Crippen molar-refractivity contribution in [2.45, 2.75) is 4.90 Å². The van der Waals surface area contributed by atoms with Crippen LogP contribution < -0.4 is 5.73 Å². The average molecular weight is 409 g/mol. The van der Waals surface area contributed by atoms with E-state index in [2.05, 4.69) is 54.6 Å². The van der Waals surface area contributed by atoms with Crippen molar-refractivity contribution in [1.82, 2.24) is 0 Å². The molecule has 0 radical (unpaired) electrons. The smallest absolute Gasteiger partial charge is 0.0635 e. The Hall–Kier alpha value is -3.01. The summed E-state index contributed by atoms with van der Waals surface area (Å²) in [5, 5.41) is 6.81. The summed E-state index contributed by atoms with van der Waals surface area (Å²) in [6.07, 6.45) is 0. The highest BCUT2D eigenvalue weighted by Crippen LogP contribution is 2.49. The van der Waals surface area contributed by atoms with Gasteiger partial charge in [-0.1, -0.05) is 72.8 Å². The van der Waals surface area contributed by atoms with E-state index >= 15 is 0 Å². The van der Waals surface area contributed by atoms with Crippen LogP contribution in [0.15, 0.2) is 89.8 Å². The first-order valence-electron chi connectivity index (χ1n) is 9.98. The average Bonchev–Trinajstić information content (AvgIpc) is 3.16. The molecule has 0 bridgehead atoms. The number of rotatable bonds is 1. The van der Waals surface area contributed by atoms with Crippen LogP contribution in [0, 0.1) is 0 Å². The molecule has 0 spiro atoms. The number of nitrogens with two attached hydrogens (primary N) is 1. The molecule has 0 aliphatic rings. The molecule has 1 aromatic heterocycles. The molecule has 5 aromatic carbocycles. The third-order valence-electron chi connectivity index (χ3n) is 5.66. The summed E-state index contributed by atoms with van der Waals surface area (Å²) < 4.78 is 10.8. The lowest BCUT2D eigenvalue weighted by atomic mass is 9.90. The predicted molar refractivity (Wildman–Crippen MR) is 131 cm³/mol. The minimum Gasteiger partial charge on any atom is -0.397 e. The van der Waals surface area contributed by atoms with Crippen molar-refractivity contribution >= 4 is 71.4 Å². The number of anilines is 1. The fourth-order valence-electron chi connectivity index (χ4n) is 4.40. The molecule has 0 saturated carbocycles. The molecule has 6 rings (SSSR count). The molecule has 0 amide bonds. The van der Waals surface area contributed by atoms with E-state index in [1.54, 1.807) is 11.3 Å². The van der Waals surface area contributed by atoms with Gasteiger partial charge in [0, 0.05) is 31.5 Å². The van der Waals surface area contributed by atoms with Crippen LogP contribution in [0.1, 0.15) is 1.37 Å². The molecule has 0 atom stereocenters. The van der Waals surface area contributed by atoms with E-state index in [-0.39, 0.29) is 0 Å². The molecule has 0 saturated heterocycles. The quantitative estimate of drug-likeness (QED) is 0.210. The molecule has 29 heavy (non-hydrogen) atoms. The maximum absolute atomic E-state index is 8.51. The van der Waals surface area contributed by atoms with E-state index in [1.807, 2.05) is 24.3 Å². The summed E-state index contributed by atoms with van der Waals surface area (Å²) in [6, 6.07) is 27.3. The number of hydrogen-bond donors (Lipinski definition) is 2. The van der Waals surface area contributed by atoms with Crippen molar-refractivity contribution in [3.8, 4) is 11.1 Å². The lowest BCUT2D eigenvalue weighted by Crippen LogP contribution is -1.95. The molecule has 0 fully saturated rings. The Morgan fingerprint density at radius 3 is 2.21 bits per heavy atom. The minimum absolute atomic E-state index is 0.409. The molecule has 2 N–H and O–H groups in total. The van der Waals surface area contributed by atoms with E-state index in [9.17, 15) is 0 Å². The maximum atomic E-state index is 8.51. The van der Waals surface area contributed by atoms with Crippen molar-refractivity contribution in [2.24, 2.45) is 0 Å². The molecule has 0 aliphatic heterocycles. The fourth-order valence-corrected chi connectivity index (χ4v) is 5.88. The highest BCUT2D eigenvalue weighted by atomic mass is 32.1. The van der Waals surface area contributed by atoms with E-state index in [1.165, 1.54) is 20.9 Å². The first kappa shape index (κ1) is 15.9. The standard InChI is InChI=1S/C26H17NS2/c27-25-24(23-16-8-2-1-7-15(16)13-14-20(23)28)18-10-4-3-9-17(18)22-19-11-5-6-12-21(19)29-26(22)25/h1-14,28H,27H2/i14D. The van der Waals surface area contributed by atoms with Crippen LogP contribution in [0.5, 0.6) is 0 Å². The Balaban J connectivity index is 1.91. The van der Waals surface area contributed by atoms with E-state index in [0.29, 0.717) is 10.9 Å². The maximum Gasteiger partial charge on any atom is 0.0635 e. The van der Waals surface area contributed by atoms with Gasteiger partial charge >= 0.3 is 0 Å². The molecule has 1 heterocycles. The van der Waals surface area contributed by atoms with Gasteiger partial charge < -0.3 is 5.73 Å². The topological polar surface area (TPSA) is 26.0 Å². The Morgan fingerprint density at radius 2 is 1.38 bits per heavy atom. The van der Waals surface area contributed by atoms with Gasteiger partial charge in [-0.3, -0.25) is 0 Å². The van der Waals surface area contributed by atoms with E-state index in [4.69, 9.17) is 19.7 Å². The number of thiol groups is 1. The molecule has 3 heteroatoms. The SMILES string of the molecule is [2H]c1cc2ccccc2c(-c2c(N)c3sc4ccccc4c3c3ccccc23)c1S. The highest BCUT2D eigenvalue weighted by molar-refractivity contribution is 7.80. The van der Waals surface area contributed by atoms with Gasteiger partial charge in [0.05, 0.1) is 11.8 Å². The summed E-state index contributed by atoms with van der Waals surface area (Å²) in [5.41, 5.74) is 9.58. The molecular weight excluding hydrogens is 390 g/mol. The molecular formula is C26H17NS2. The van der Waals surface area contributed by atoms with Crippen molar-refractivity contribution in [3.05, 3.63) is 84.9 Å². The van der Waals surface area contributed by atoms with E-state index < -0.39 is 0 Å². The summed E-state index contributed by atoms with van der Waals surface area (Å²) >= 11 is 6.51. The van der Waals surface area contributed by atoms with Crippen LogP contribution in [0.2, 0.25) is 0 Å². The second-order valence-electron chi connectivity index (χ2n) is 7.24. The molecule has 0 aliphatic carbocycles. The van der Waals surface area contributed by atoms with Gasteiger partial charge in [-0.15, -0.1) is 24.0 Å². The van der Waals surface area contributed by atoms with Crippen molar-refractivity contribution < 1.29 is 1.37 Å². The first-order chi connectivity index (χ1) is 14.6. The largest absolute Gasteiger partial charge is 0.397 e. The molecule has 1 nitrogen and oxygen atoms in total. The van der Waals surface area contributed by atoms with Gasteiger partial charge in [-0.05, 0) is 33.7 Å². The number of benzene rings is 5. The zero-order valence-corrected chi connectivity index (χ0v) is 17.1. The van der Waals surface area contributed by atoms with Crippen molar-refractivity contribution in [2.75, 3.05) is 5.73 Å². The van der Waals surface area contributed by atoms with Gasteiger partial charge in [-0.2, -0.15) is 0 Å². The van der Waals surface area contributed by atoms with Gasteiger partial charge in [0.15, 0.2) is 0 Å². The second kappa shape index (κ2) is 6.24. The normalized spacial score (nSPS) is 12.2.